The van der Waals surface area contributed by atoms with Crippen molar-refractivity contribution < 1.29 is 0 Å². The predicted molar refractivity (Wildman–Crippen MR) is 90.5 cm³/mol. The van der Waals surface area contributed by atoms with E-state index < -0.39 is 0 Å². The predicted octanol–water partition coefficient (Wildman–Crippen LogP) is 2.83. The molecule has 4 nitrogen and oxygen atoms in total. The van der Waals surface area contributed by atoms with Gasteiger partial charge in [0.05, 0.1) is 12.6 Å². The Morgan fingerprint density at radius 1 is 1.50 bits per heavy atom. The van der Waals surface area contributed by atoms with Crippen LogP contribution >= 0.6 is 27.3 Å². The maximum absolute atomic E-state index is 6.07. The molecule has 1 aromatic rings. The number of likely N-dealkylation sites (N-methyl/N-ethyl adjacent to an activating group) is 1. The SMILES string of the molecule is CCN(CC)CCN1C(N)=NCC1c1cc(Br)c(C)s1. The van der Waals surface area contributed by atoms with Crippen molar-refractivity contribution in [2.75, 3.05) is 32.7 Å². The molecule has 2 heterocycles. The minimum absolute atomic E-state index is 0.306. The third kappa shape index (κ3) is 3.35. The normalized spacial score (nSPS) is 18.9. The quantitative estimate of drug-likeness (QED) is 0.850. The fourth-order valence-electron chi connectivity index (χ4n) is 2.48. The van der Waals surface area contributed by atoms with Crippen LogP contribution in [0.3, 0.4) is 0 Å². The number of nitrogens with zero attached hydrogens (tertiary/aromatic N) is 3. The Morgan fingerprint density at radius 3 is 2.75 bits per heavy atom. The van der Waals surface area contributed by atoms with E-state index in [1.165, 1.54) is 14.2 Å². The van der Waals surface area contributed by atoms with Gasteiger partial charge in [-0.05, 0) is 42.0 Å². The largest absolute Gasteiger partial charge is 0.370 e. The van der Waals surface area contributed by atoms with Crippen molar-refractivity contribution in [2.45, 2.75) is 26.8 Å². The number of guanidine groups is 1. The minimum Gasteiger partial charge on any atom is -0.370 e. The molecular formula is C14H23BrN4S. The average Bonchev–Trinajstić information content (AvgIpc) is 2.95. The number of hydrogen-bond acceptors (Lipinski definition) is 5. The van der Waals surface area contributed by atoms with E-state index in [2.05, 4.69) is 57.6 Å². The first-order valence-corrected chi connectivity index (χ1v) is 8.72. The monoisotopic (exact) mass is 358 g/mol. The summed E-state index contributed by atoms with van der Waals surface area (Å²) in [6.07, 6.45) is 0. The lowest BCUT2D eigenvalue weighted by Crippen LogP contribution is -2.41. The second-order valence-corrected chi connectivity index (χ2v) is 7.13. The zero-order chi connectivity index (χ0) is 14.7. The fourth-order valence-corrected chi connectivity index (χ4v) is 4.14. The summed E-state index contributed by atoms with van der Waals surface area (Å²) in [5, 5.41) is 0. The molecule has 1 atom stereocenters. The van der Waals surface area contributed by atoms with Gasteiger partial charge >= 0.3 is 0 Å². The molecule has 0 bridgehead atoms. The second kappa shape index (κ2) is 6.91. The van der Waals surface area contributed by atoms with Crippen LogP contribution in [0.5, 0.6) is 0 Å². The van der Waals surface area contributed by atoms with Crippen LogP contribution in [0.15, 0.2) is 15.5 Å². The molecule has 2 rings (SSSR count). The maximum Gasteiger partial charge on any atom is 0.191 e. The van der Waals surface area contributed by atoms with Crippen LogP contribution in [-0.2, 0) is 0 Å². The highest BCUT2D eigenvalue weighted by Gasteiger charge is 2.29. The average molecular weight is 359 g/mol. The van der Waals surface area contributed by atoms with Crippen LogP contribution in [0.2, 0.25) is 0 Å². The molecule has 1 aromatic heterocycles. The fraction of sp³-hybridized carbons (Fsp3) is 0.643. The molecule has 6 heteroatoms. The van der Waals surface area contributed by atoms with Crippen molar-refractivity contribution in [3.8, 4) is 0 Å². The molecule has 0 aromatic carbocycles. The van der Waals surface area contributed by atoms with Crippen molar-refractivity contribution in [1.82, 2.24) is 9.80 Å². The molecule has 0 aliphatic carbocycles. The Morgan fingerprint density at radius 2 is 2.20 bits per heavy atom. The zero-order valence-electron chi connectivity index (χ0n) is 12.4. The standard InChI is InChI=1S/C14H23BrN4S/c1-4-18(5-2)6-7-19-12(9-17-14(19)16)13-8-11(15)10(3)20-13/h8,12H,4-7,9H2,1-3H3,(H2,16,17). The molecule has 0 saturated carbocycles. The van der Waals surface area contributed by atoms with Gasteiger partial charge in [-0.15, -0.1) is 11.3 Å². The van der Waals surface area contributed by atoms with E-state index in [1.807, 2.05) is 11.3 Å². The Bertz CT molecular complexity index is 462. The molecular weight excluding hydrogens is 336 g/mol. The van der Waals surface area contributed by atoms with Crippen LogP contribution in [0.4, 0.5) is 0 Å². The van der Waals surface area contributed by atoms with Gasteiger partial charge in [0.15, 0.2) is 5.96 Å². The molecule has 1 aliphatic heterocycles. The van der Waals surface area contributed by atoms with Crippen LogP contribution in [0.1, 0.15) is 29.6 Å². The summed E-state index contributed by atoms with van der Waals surface area (Å²) >= 11 is 5.43. The molecule has 1 aliphatic rings. The highest BCUT2D eigenvalue weighted by Crippen LogP contribution is 2.35. The van der Waals surface area contributed by atoms with E-state index in [4.69, 9.17) is 5.73 Å². The molecule has 0 radical (unpaired) electrons. The van der Waals surface area contributed by atoms with Crippen LogP contribution < -0.4 is 5.73 Å². The number of thiophene rings is 1. The van der Waals surface area contributed by atoms with Crippen molar-refractivity contribution in [3.63, 3.8) is 0 Å². The minimum atomic E-state index is 0.306. The van der Waals surface area contributed by atoms with Crippen molar-refractivity contribution in [1.29, 1.82) is 0 Å². The number of hydrogen-bond donors (Lipinski definition) is 1. The summed E-state index contributed by atoms with van der Waals surface area (Å²) in [5.41, 5.74) is 6.07. The van der Waals surface area contributed by atoms with Gasteiger partial charge in [0.2, 0.25) is 0 Å². The van der Waals surface area contributed by atoms with Gasteiger partial charge < -0.3 is 15.5 Å². The highest BCUT2D eigenvalue weighted by atomic mass is 79.9. The van der Waals surface area contributed by atoms with Crippen molar-refractivity contribution in [3.05, 3.63) is 20.3 Å². The smallest absolute Gasteiger partial charge is 0.191 e. The Balaban J connectivity index is 2.06. The second-order valence-electron chi connectivity index (χ2n) is 4.99. The summed E-state index contributed by atoms with van der Waals surface area (Å²) in [5.74, 6) is 0.685. The first kappa shape index (κ1) is 15.8. The van der Waals surface area contributed by atoms with Gasteiger partial charge in [-0.2, -0.15) is 0 Å². The first-order valence-electron chi connectivity index (χ1n) is 7.11. The van der Waals surface area contributed by atoms with E-state index in [0.717, 1.165) is 32.7 Å². The van der Waals surface area contributed by atoms with Crippen LogP contribution in [0.25, 0.3) is 0 Å². The summed E-state index contributed by atoms with van der Waals surface area (Å²) in [7, 11) is 0. The molecule has 2 N–H and O–H groups in total. The van der Waals surface area contributed by atoms with Crippen LogP contribution in [-0.4, -0.2) is 48.5 Å². The Labute approximate surface area is 133 Å². The summed E-state index contributed by atoms with van der Waals surface area (Å²) in [6, 6.07) is 2.52. The van der Waals surface area contributed by atoms with Crippen molar-refractivity contribution >= 4 is 33.2 Å². The van der Waals surface area contributed by atoms with Gasteiger partial charge in [-0.1, -0.05) is 13.8 Å². The number of aryl methyl sites for hydroxylation is 1. The summed E-state index contributed by atoms with van der Waals surface area (Å²) in [4.78, 5) is 11.8. The lowest BCUT2D eigenvalue weighted by molar-refractivity contribution is 0.250. The Kier molecular flexibility index (Phi) is 5.46. The summed E-state index contributed by atoms with van der Waals surface area (Å²) < 4.78 is 1.19. The van der Waals surface area contributed by atoms with E-state index in [-0.39, 0.29) is 0 Å². The first-order chi connectivity index (χ1) is 9.56. The van der Waals surface area contributed by atoms with Gasteiger partial charge in [0.25, 0.3) is 0 Å². The molecule has 1 unspecified atom stereocenters. The van der Waals surface area contributed by atoms with Gasteiger partial charge in [-0.25, -0.2) is 0 Å². The summed E-state index contributed by atoms with van der Waals surface area (Å²) in [6.45, 7) is 11.4. The number of halogens is 1. The van der Waals surface area contributed by atoms with E-state index in [1.54, 1.807) is 0 Å². The van der Waals surface area contributed by atoms with E-state index in [0.29, 0.717) is 12.0 Å². The topological polar surface area (TPSA) is 44.9 Å². The third-order valence-electron chi connectivity index (χ3n) is 3.85. The van der Waals surface area contributed by atoms with Gasteiger partial charge in [-0.3, -0.25) is 4.99 Å². The molecule has 0 fully saturated rings. The third-order valence-corrected chi connectivity index (χ3v) is 6.09. The molecule has 0 spiro atoms. The molecule has 20 heavy (non-hydrogen) atoms. The van der Waals surface area contributed by atoms with E-state index in [9.17, 15) is 0 Å². The number of rotatable bonds is 6. The van der Waals surface area contributed by atoms with Gasteiger partial charge in [0, 0.05) is 27.3 Å². The van der Waals surface area contributed by atoms with Gasteiger partial charge in [0.1, 0.15) is 0 Å². The Hall–Kier alpha value is -0.590. The number of nitrogens with two attached hydrogens (primary N) is 1. The molecule has 0 amide bonds. The van der Waals surface area contributed by atoms with E-state index >= 15 is 0 Å². The lowest BCUT2D eigenvalue weighted by Gasteiger charge is -2.28. The lowest BCUT2D eigenvalue weighted by atomic mass is 10.2. The van der Waals surface area contributed by atoms with Crippen molar-refractivity contribution in [2.24, 2.45) is 10.7 Å². The molecule has 112 valence electrons. The van der Waals surface area contributed by atoms with Crippen LogP contribution in [0, 0.1) is 6.92 Å². The highest BCUT2D eigenvalue weighted by molar-refractivity contribution is 9.10. The maximum atomic E-state index is 6.07. The number of aliphatic imine (C=N–C) groups is 1. The molecule has 0 saturated heterocycles. The zero-order valence-corrected chi connectivity index (χ0v) is 14.8.